The Kier molecular flexibility index (Phi) is 6.25. The van der Waals surface area contributed by atoms with Crippen LogP contribution >= 0.6 is 28.3 Å². The minimum atomic E-state index is -0.570. The first-order chi connectivity index (χ1) is 9.56. The van der Waals surface area contributed by atoms with Gasteiger partial charge in [0.2, 0.25) is 0 Å². The zero-order chi connectivity index (χ0) is 14.7. The van der Waals surface area contributed by atoms with Gasteiger partial charge >= 0.3 is 5.69 Å². The van der Waals surface area contributed by atoms with Crippen LogP contribution in [0, 0.1) is 5.82 Å². The Labute approximate surface area is 133 Å². The lowest BCUT2D eigenvalue weighted by molar-refractivity contribution is 0.601. The molecule has 0 aliphatic carbocycles. The molecule has 0 spiro atoms. The summed E-state index contributed by atoms with van der Waals surface area (Å²) in [6.07, 6.45) is 1.52. The number of hydrogen-bond donors (Lipinski definition) is 1. The standard InChI is InChI=1S/C12H11BrF2N4O.ClH/c13-9-1-2-11(10(15)3-9)18-7-17-19(12(18)20)6-8(4-14)5-16;/h1-4,7H,5-6,16H2;1H/b8-4+;. The molecule has 0 radical (unpaired) electrons. The molecule has 1 heterocycles. The van der Waals surface area contributed by atoms with E-state index in [1.807, 2.05) is 0 Å². The fourth-order valence-electron chi connectivity index (χ4n) is 1.62. The summed E-state index contributed by atoms with van der Waals surface area (Å²) in [6, 6.07) is 4.29. The zero-order valence-corrected chi connectivity index (χ0v) is 13.1. The van der Waals surface area contributed by atoms with E-state index in [0.29, 0.717) is 10.8 Å². The molecule has 5 nitrogen and oxygen atoms in total. The van der Waals surface area contributed by atoms with Crippen molar-refractivity contribution >= 4 is 28.3 Å². The highest BCUT2D eigenvalue weighted by atomic mass is 79.9. The molecule has 21 heavy (non-hydrogen) atoms. The van der Waals surface area contributed by atoms with E-state index in [9.17, 15) is 13.6 Å². The molecule has 1 aromatic heterocycles. The predicted molar refractivity (Wildman–Crippen MR) is 81.0 cm³/mol. The van der Waals surface area contributed by atoms with E-state index in [4.69, 9.17) is 5.73 Å². The minimum Gasteiger partial charge on any atom is -0.327 e. The molecular formula is C12H12BrClF2N4O. The summed E-state index contributed by atoms with van der Waals surface area (Å²) in [6.45, 7) is -0.0978. The topological polar surface area (TPSA) is 65.8 Å². The van der Waals surface area contributed by atoms with Gasteiger partial charge in [0.15, 0.2) is 0 Å². The minimum absolute atomic E-state index is 0. The van der Waals surface area contributed by atoms with Crippen molar-refractivity contribution in [3.05, 3.63) is 57.2 Å². The van der Waals surface area contributed by atoms with E-state index in [1.165, 1.54) is 18.5 Å². The van der Waals surface area contributed by atoms with Gasteiger partial charge in [0.25, 0.3) is 0 Å². The van der Waals surface area contributed by atoms with Crippen LogP contribution in [-0.2, 0) is 6.54 Å². The van der Waals surface area contributed by atoms with E-state index >= 15 is 0 Å². The fraction of sp³-hybridized carbons (Fsp3) is 0.167. The maximum atomic E-state index is 13.8. The molecule has 0 saturated heterocycles. The van der Waals surface area contributed by atoms with Gasteiger partial charge in [-0.15, -0.1) is 12.4 Å². The van der Waals surface area contributed by atoms with Crippen molar-refractivity contribution in [2.45, 2.75) is 6.54 Å². The maximum absolute atomic E-state index is 13.8. The lowest BCUT2D eigenvalue weighted by Crippen LogP contribution is -2.26. The summed E-state index contributed by atoms with van der Waals surface area (Å²) >= 11 is 3.13. The Morgan fingerprint density at radius 1 is 1.48 bits per heavy atom. The van der Waals surface area contributed by atoms with Crippen LogP contribution < -0.4 is 11.4 Å². The first kappa shape index (κ1) is 17.5. The summed E-state index contributed by atoms with van der Waals surface area (Å²) < 4.78 is 28.9. The third-order valence-electron chi connectivity index (χ3n) is 2.67. The van der Waals surface area contributed by atoms with Crippen molar-refractivity contribution in [3.8, 4) is 5.69 Å². The van der Waals surface area contributed by atoms with Gasteiger partial charge in [0, 0.05) is 11.0 Å². The molecule has 114 valence electrons. The highest BCUT2D eigenvalue weighted by Gasteiger charge is 2.12. The maximum Gasteiger partial charge on any atom is 0.350 e. The van der Waals surface area contributed by atoms with Gasteiger partial charge in [0.1, 0.15) is 12.1 Å². The summed E-state index contributed by atoms with van der Waals surface area (Å²) in [5.41, 5.74) is 5.03. The largest absolute Gasteiger partial charge is 0.350 e. The van der Waals surface area contributed by atoms with Crippen LogP contribution in [-0.4, -0.2) is 20.9 Å². The predicted octanol–water partition coefficient (Wildman–Crippen LogP) is 2.17. The molecule has 0 aliphatic heterocycles. The second-order valence-electron chi connectivity index (χ2n) is 4.01. The van der Waals surface area contributed by atoms with Crippen LogP contribution in [0.3, 0.4) is 0 Å². The van der Waals surface area contributed by atoms with Gasteiger partial charge in [-0.1, -0.05) is 15.9 Å². The summed E-state index contributed by atoms with van der Waals surface area (Å²) in [7, 11) is 0. The second kappa shape index (κ2) is 7.48. The quantitative estimate of drug-likeness (QED) is 0.883. The Morgan fingerprint density at radius 2 is 2.19 bits per heavy atom. The Morgan fingerprint density at radius 3 is 2.76 bits per heavy atom. The molecule has 0 amide bonds. The molecule has 0 fully saturated rings. The van der Waals surface area contributed by atoms with Crippen molar-refractivity contribution in [2.75, 3.05) is 6.54 Å². The van der Waals surface area contributed by atoms with Crippen molar-refractivity contribution in [1.29, 1.82) is 0 Å². The first-order valence-electron chi connectivity index (χ1n) is 5.65. The third-order valence-corrected chi connectivity index (χ3v) is 3.17. The SMILES string of the molecule is Cl.NC/C(=C\F)Cn1ncn(-c2ccc(Br)cc2F)c1=O. The number of hydrogen-bond acceptors (Lipinski definition) is 3. The lowest BCUT2D eigenvalue weighted by atomic mass is 10.3. The zero-order valence-electron chi connectivity index (χ0n) is 10.7. The van der Waals surface area contributed by atoms with Crippen LogP contribution in [0.25, 0.3) is 5.69 Å². The normalized spacial score (nSPS) is 11.3. The molecule has 2 rings (SSSR count). The van der Waals surface area contributed by atoms with Gasteiger partial charge in [-0.2, -0.15) is 5.10 Å². The Balaban J connectivity index is 0.00000220. The van der Waals surface area contributed by atoms with E-state index < -0.39 is 11.5 Å². The summed E-state index contributed by atoms with van der Waals surface area (Å²) in [5.74, 6) is -0.568. The van der Waals surface area contributed by atoms with Crippen LogP contribution in [0.15, 0.2) is 45.7 Å². The van der Waals surface area contributed by atoms with Crippen LogP contribution in [0.2, 0.25) is 0 Å². The lowest BCUT2D eigenvalue weighted by Gasteiger charge is -2.03. The molecule has 0 aliphatic rings. The molecule has 1 aromatic carbocycles. The Bertz CT molecular complexity index is 714. The van der Waals surface area contributed by atoms with E-state index in [0.717, 1.165) is 9.25 Å². The van der Waals surface area contributed by atoms with E-state index in [-0.39, 0.29) is 36.8 Å². The molecule has 0 atom stereocenters. The van der Waals surface area contributed by atoms with Crippen LogP contribution in [0.4, 0.5) is 8.78 Å². The van der Waals surface area contributed by atoms with Crippen molar-refractivity contribution in [2.24, 2.45) is 5.73 Å². The van der Waals surface area contributed by atoms with Crippen LogP contribution in [0.1, 0.15) is 0 Å². The smallest absolute Gasteiger partial charge is 0.327 e. The summed E-state index contributed by atoms with van der Waals surface area (Å²) in [5, 5.41) is 3.82. The van der Waals surface area contributed by atoms with Gasteiger partial charge < -0.3 is 5.73 Å². The average Bonchev–Trinajstić information content (AvgIpc) is 2.77. The van der Waals surface area contributed by atoms with Gasteiger partial charge in [-0.25, -0.2) is 22.8 Å². The molecule has 9 heteroatoms. The number of nitrogens with two attached hydrogens (primary N) is 1. The van der Waals surface area contributed by atoms with Crippen molar-refractivity contribution < 1.29 is 8.78 Å². The van der Waals surface area contributed by atoms with Gasteiger partial charge in [-0.3, -0.25) is 0 Å². The third kappa shape index (κ3) is 3.78. The highest BCUT2D eigenvalue weighted by Crippen LogP contribution is 2.17. The van der Waals surface area contributed by atoms with Gasteiger partial charge in [-0.05, 0) is 23.8 Å². The Hall–Kier alpha value is -1.51. The van der Waals surface area contributed by atoms with Crippen LogP contribution in [0.5, 0.6) is 0 Å². The number of rotatable bonds is 4. The monoisotopic (exact) mass is 380 g/mol. The van der Waals surface area contributed by atoms with E-state index in [2.05, 4.69) is 21.0 Å². The molecule has 0 unspecified atom stereocenters. The fourth-order valence-corrected chi connectivity index (χ4v) is 1.96. The molecule has 2 aromatic rings. The molecule has 0 bridgehead atoms. The number of aromatic nitrogens is 3. The summed E-state index contributed by atoms with van der Waals surface area (Å²) in [4.78, 5) is 12.1. The number of nitrogens with zero attached hydrogens (tertiary/aromatic N) is 3. The molecule has 0 saturated carbocycles. The van der Waals surface area contributed by atoms with Crippen molar-refractivity contribution in [3.63, 3.8) is 0 Å². The number of halogens is 4. The van der Waals surface area contributed by atoms with Gasteiger partial charge in [0.05, 0.1) is 18.6 Å². The average molecular weight is 382 g/mol. The highest BCUT2D eigenvalue weighted by molar-refractivity contribution is 9.10. The van der Waals surface area contributed by atoms with Crippen molar-refractivity contribution in [1.82, 2.24) is 14.3 Å². The number of benzene rings is 1. The molecular weight excluding hydrogens is 370 g/mol. The van der Waals surface area contributed by atoms with E-state index in [1.54, 1.807) is 6.07 Å². The molecule has 2 N–H and O–H groups in total. The first-order valence-corrected chi connectivity index (χ1v) is 6.44. The second-order valence-corrected chi connectivity index (χ2v) is 4.92.